The quantitative estimate of drug-likeness (QED) is 0.758. The molecule has 1 aromatic rings. The maximum absolute atomic E-state index is 12.3. The van der Waals surface area contributed by atoms with Gasteiger partial charge in [0.25, 0.3) is 5.91 Å². The van der Waals surface area contributed by atoms with Gasteiger partial charge in [-0.2, -0.15) is 5.10 Å². The number of benzene rings is 1. The summed E-state index contributed by atoms with van der Waals surface area (Å²) in [5.74, 6) is 0.0628. The first-order valence-corrected chi connectivity index (χ1v) is 9.56. The molecule has 0 heterocycles. The number of hydrogen-bond acceptors (Lipinski definition) is 5. The average molecular weight is 353 g/mol. The van der Waals surface area contributed by atoms with Crippen molar-refractivity contribution in [3.05, 3.63) is 24.3 Å². The molecule has 1 aromatic carbocycles. The summed E-state index contributed by atoms with van der Waals surface area (Å²) in [5, 5.41) is 4.08. The van der Waals surface area contributed by atoms with Crippen molar-refractivity contribution in [1.82, 2.24) is 5.43 Å². The number of carbonyl (C=O) groups is 1. The molecule has 8 heteroatoms. The Balaban J connectivity index is 2.13. The van der Waals surface area contributed by atoms with E-state index in [1.807, 2.05) is 0 Å². The van der Waals surface area contributed by atoms with Crippen molar-refractivity contribution >= 4 is 27.3 Å². The highest BCUT2D eigenvalue weighted by Crippen LogP contribution is 2.22. The molecule has 0 radical (unpaired) electrons. The molecule has 1 saturated carbocycles. The summed E-state index contributed by atoms with van der Waals surface area (Å²) in [6, 6.07) is 6.54. The van der Waals surface area contributed by atoms with E-state index in [9.17, 15) is 13.2 Å². The van der Waals surface area contributed by atoms with Gasteiger partial charge in [0.1, 0.15) is 12.3 Å². The molecule has 0 aliphatic heterocycles. The normalized spacial score (nSPS) is 14.3. The molecule has 0 atom stereocenters. The van der Waals surface area contributed by atoms with E-state index < -0.39 is 15.9 Å². The van der Waals surface area contributed by atoms with Gasteiger partial charge in [-0.05, 0) is 56.9 Å². The van der Waals surface area contributed by atoms with Crippen molar-refractivity contribution in [2.24, 2.45) is 5.10 Å². The minimum atomic E-state index is -3.58. The predicted molar refractivity (Wildman–Crippen MR) is 93.8 cm³/mol. The number of sulfonamides is 1. The standard InChI is InChI=1S/C16H23N3O4S/c1-3-24(21,22)19(14-8-10-15(23-2)11-9-14)12-16(20)18-17-13-6-4-5-7-13/h8-11H,3-7,12H2,1-2H3,(H,18,20). The van der Waals surface area contributed by atoms with Crippen LogP contribution in [0.3, 0.4) is 0 Å². The smallest absolute Gasteiger partial charge is 0.260 e. The van der Waals surface area contributed by atoms with E-state index in [4.69, 9.17) is 4.74 Å². The number of rotatable bonds is 7. The number of hydrazone groups is 1. The maximum Gasteiger partial charge on any atom is 0.260 e. The van der Waals surface area contributed by atoms with Gasteiger partial charge in [-0.15, -0.1) is 0 Å². The van der Waals surface area contributed by atoms with Crippen molar-refractivity contribution in [3.63, 3.8) is 0 Å². The lowest BCUT2D eigenvalue weighted by Crippen LogP contribution is -2.40. The Morgan fingerprint density at radius 2 is 1.88 bits per heavy atom. The van der Waals surface area contributed by atoms with E-state index in [1.165, 1.54) is 7.11 Å². The Morgan fingerprint density at radius 1 is 1.25 bits per heavy atom. The van der Waals surface area contributed by atoms with Crippen LogP contribution in [0.1, 0.15) is 32.6 Å². The Labute approximate surface area is 142 Å². The number of nitrogens with one attached hydrogen (secondary N) is 1. The lowest BCUT2D eigenvalue weighted by Gasteiger charge is -2.23. The molecule has 1 aliphatic carbocycles. The van der Waals surface area contributed by atoms with Gasteiger partial charge in [0, 0.05) is 5.71 Å². The van der Waals surface area contributed by atoms with Crippen LogP contribution < -0.4 is 14.5 Å². The fraction of sp³-hybridized carbons (Fsp3) is 0.500. The second kappa shape index (κ2) is 8.14. The third-order valence-electron chi connectivity index (χ3n) is 3.87. The number of hydrogen-bond donors (Lipinski definition) is 1. The first-order valence-electron chi connectivity index (χ1n) is 7.95. The molecule has 1 fully saturated rings. The van der Waals surface area contributed by atoms with Crippen LogP contribution >= 0.6 is 0 Å². The number of nitrogens with zero attached hydrogens (tertiary/aromatic N) is 2. The van der Waals surface area contributed by atoms with Crippen molar-refractivity contribution < 1.29 is 17.9 Å². The molecular weight excluding hydrogens is 330 g/mol. The van der Waals surface area contributed by atoms with E-state index >= 15 is 0 Å². The van der Waals surface area contributed by atoms with E-state index in [1.54, 1.807) is 31.2 Å². The third-order valence-corrected chi connectivity index (χ3v) is 5.61. The number of methoxy groups -OCH3 is 1. The average Bonchev–Trinajstić information content (AvgIpc) is 3.11. The van der Waals surface area contributed by atoms with Gasteiger partial charge >= 0.3 is 0 Å². The summed E-state index contributed by atoms with van der Waals surface area (Å²) in [6.07, 6.45) is 3.93. The number of carbonyl (C=O) groups excluding carboxylic acids is 1. The van der Waals surface area contributed by atoms with Crippen LogP contribution in [0.5, 0.6) is 5.75 Å². The van der Waals surface area contributed by atoms with Gasteiger partial charge in [-0.1, -0.05) is 0 Å². The molecular formula is C16H23N3O4S. The summed E-state index contributed by atoms with van der Waals surface area (Å²) in [5.41, 5.74) is 3.84. The fourth-order valence-corrected chi connectivity index (χ4v) is 3.53. The summed E-state index contributed by atoms with van der Waals surface area (Å²) in [6.45, 7) is 1.24. The number of ether oxygens (including phenoxy) is 1. The van der Waals surface area contributed by atoms with Crippen LogP contribution in [-0.4, -0.2) is 39.4 Å². The van der Waals surface area contributed by atoms with Gasteiger partial charge in [0.15, 0.2) is 0 Å². The Morgan fingerprint density at radius 3 is 2.42 bits per heavy atom. The van der Waals surface area contributed by atoms with E-state index in [0.717, 1.165) is 35.7 Å². The highest BCUT2D eigenvalue weighted by Gasteiger charge is 2.23. The first-order chi connectivity index (χ1) is 11.5. The molecule has 24 heavy (non-hydrogen) atoms. The monoisotopic (exact) mass is 353 g/mol. The molecule has 0 aromatic heterocycles. The Hall–Kier alpha value is -2.09. The van der Waals surface area contributed by atoms with Crippen LogP contribution in [0.15, 0.2) is 29.4 Å². The van der Waals surface area contributed by atoms with Crippen LogP contribution in [-0.2, 0) is 14.8 Å². The van der Waals surface area contributed by atoms with Gasteiger partial charge in [0.05, 0.1) is 18.6 Å². The molecule has 132 valence electrons. The van der Waals surface area contributed by atoms with E-state index in [0.29, 0.717) is 11.4 Å². The van der Waals surface area contributed by atoms with Crippen LogP contribution in [0.2, 0.25) is 0 Å². The SMILES string of the molecule is CCS(=O)(=O)N(CC(=O)NN=C1CCCC1)c1ccc(OC)cc1. The minimum Gasteiger partial charge on any atom is -0.497 e. The summed E-state index contributed by atoms with van der Waals surface area (Å²) >= 11 is 0. The molecule has 1 N–H and O–H groups in total. The van der Waals surface area contributed by atoms with Crippen LogP contribution in [0.4, 0.5) is 5.69 Å². The summed E-state index contributed by atoms with van der Waals surface area (Å²) < 4.78 is 30.8. The zero-order chi connectivity index (χ0) is 17.6. The molecule has 0 saturated heterocycles. The molecule has 2 rings (SSSR count). The maximum atomic E-state index is 12.3. The molecule has 0 spiro atoms. The highest BCUT2D eigenvalue weighted by atomic mass is 32.2. The highest BCUT2D eigenvalue weighted by molar-refractivity contribution is 7.92. The lowest BCUT2D eigenvalue weighted by atomic mass is 10.3. The second-order valence-electron chi connectivity index (χ2n) is 5.53. The summed E-state index contributed by atoms with van der Waals surface area (Å²) in [7, 11) is -2.05. The number of amides is 1. The zero-order valence-electron chi connectivity index (χ0n) is 14.0. The van der Waals surface area contributed by atoms with E-state index in [-0.39, 0.29) is 12.3 Å². The fourth-order valence-electron chi connectivity index (χ4n) is 2.46. The van der Waals surface area contributed by atoms with Crippen molar-refractivity contribution in [2.75, 3.05) is 23.7 Å². The molecule has 1 aliphatic rings. The topological polar surface area (TPSA) is 88.1 Å². The predicted octanol–water partition coefficient (Wildman–Crippen LogP) is 1.90. The van der Waals surface area contributed by atoms with Crippen LogP contribution in [0, 0.1) is 0 Å². The molecule has 0 unspecified atom stereocenters. The largest absolute Gasteiger partial charge is 0.497 e. The van der Waals surface area contributed by atoms with Crippen LogP contribution in [0.25, 0.3) is 0 Å². The Bertz CT molecular complexity index is 691. The van der Waals surface area contributed by atoms with Crippen molar-refractivity contribution in [2.45, 2.75) is 32.6 Å². The van der Waals surface area contributed by atoms with Crippen molar-refractivity contribution in [1.29, 1.82) is 0 Å². The molecule has 1 amide bonds. The first kappa shape index (κ1) is 18.3. The van der Waals surface area contributed by atoms with Gasteiger partial charge in [0.2, 0.25) is 10.0 Å². The third kappa shape index (κ3) is 4.70. The number of anilines is 1. The zero-order valence-corrected chi connectivity index (χ0v) is 14.8. The molecule has 0 bridgehead atoms. The van der Waals surface area contributed by atoms with Gasteiger partial charge < -0.3 is 4.74 Å². The minimum absolute atomic E-state index is 0.0964. The van der Waals surface area contributed by atoms with Gasteiger partial charge in [-0.25, -0.2) is 13.8 Å². The van der Waals surface area contributed by atoms with Crippen molar-refractivity contribution in [3.8, 4) is 5.75 Å². The molecule has 7 nitrogen and oxygen atoms in total. The lowest BCUT2D eigenvalue weighted by molar-refractivity contribution is -0.119. The Kier molecular flexibility index (Phi) is 6.19. The van der Waals surface area contributed by atoms with E-state index in [2.05, 4.69) is 10.5 Å². The summed E-state index contributed by atoms with van der Waals surface area (Å²) in [4.78, 5) is 12.1. The van der Waals surface area contributed by atoms with Gasteiger partial charge in [-0.3, -0.25) is 9.10 Å². The second-order valence-corrected chi connectivity index (χ2v) is 7.71.